The molecule has 4 rings (SSSR count). The van der Waals surface area contributed by atoms with Crippen molar-refractivity contribution in [2.24, 2.45) is 0 Å². The lowest BCUT2D eigenvalue weighted by molar-refractivity contribution is 1.18. The lowest BCUT2D eigenvalue weighted by Crippen LogP contribution is -2.00. The van der Waals surface area contributed by atoms with Crippen LogP contribution >= 0.6 is 35.0 Å². The van der Waals surface area contributed by atoms with Crippen LogP contribution in [0.15, 0.2) is 70.5 Å². The quantitative estimate of drug-likeness (QED) is 0.274. The minimum absolute atomic E-state index is 0.117. The first-order chi connectivity index (χ1) is 14.9. The van der Waals surface area contributed by atoms with E-state index in [1.54, 1.807) is 23.9 Å². The monoisotopic (exact) mass is 470 g/mol. The predicted molar refractivity (Wildman–Crippen MR) is 126 cm³/mol. The van der Waals surface area contributed by atoms with E-state index in [0.29, 0.717) is 11.6 Å². The van der Waals surface area contributed by atoms with Crippen molar-refractivity contribution in [1.29, 1.82) is 0 Å². The molecule has 2 aromatic heterocycles. The zero-order valence-corrected chi connectivity index (χ0v) is 18.2. The molecule has 0 unspecified atom stereocenters. The molecule has 0 radical (unpaired) electrons. The highest BCUT2D eigenvalue weighted by atomic mass is 35.5. The van der Waals surface area contributed by atoms with Crippen LogP contribution in [0.3, 0.4) is 0 Å². The highest BCUT2D eigenvalue weighted by Crippen LogP contribution is 2.30. The summed E-state index contributed by atoms with van der Waals surface area (Å²) in [7, 11) is 0. The minimum Gasteiger partial charge on any atom is -0.368 e. The Morgan fingerprint density at radius 3 is 1.35 bits per heavy atom. The lowest BCUT2D eigenvalue weighted by Gasteiger charge is -2.09. The summed E-state index contributed by atoms with van der Waals surface area (Å²) < 4.78 is 0. The van der Waals surface area contributed by atoms with Gasteiger partial charge in [-0.3, -0.25) is 0 Å². The third-order valence-electron chi connectivity index (χ3n) is 3.91. The van der Waals surface area contributed by atoms with Gasteiger partial charge in [0.05, 0.1) is 0 Å². The molecule has 0 aliphatic carbocycles. The average Bonchev–Trinajstić information content (AvgIpc) is 2.69. The molecule has 0 amide bonds. The molecule has 0 atom stereocenters. The maximum atomic E-state index is 5.91. The van der Waals surface area contributed by atoms with E-state index in [2.05, 4.69) is 30.6 Å². The molecule has 0 saturated heterocycles. The van der Waals surface area contributed by atoms with E-state index >= 15 is 0 Å². The lowest BCUT2D eigenvalue weighted by atomic mass is 10.3. The first kappa shape index (κ1) is 21.0. The molecule has 0 fully saturated rings. The molecule has 0 aliphatic rings. The molecule has 0 bridgehead atoms. The van der Waals surface area contributed by atoms with Crippen LogP contribution in [0, 0.1) is 0 Å². The number of hydrogen-bond acceptors (Lipinski definition) is 9. The number of nitrogens with two attached hydrogens (primary N) is 2. The third kappa shape index (κ3) is 5.88. The topological polar surface area (TPSA) is 128 Å². The first-order valence-electron chi connectivity index (χ1n) is 8.95. The summed E-state index contributed by atoms with van der Waals surface area (Å²) in [6.45, 7) is 0. The van der Waals surface area contributed by atoms with E-state index < -0.39 is 0 Å². The Morgan fingerprint density at radius 2 is 1.00 bits per heavy atom. The van der Waals surface area contributed by atoms with Gasteiger partial charge >= 0.3 is 0 Å². The average molecular weight is 471 g/mol. The van der Waals surface area contributed by atoms with E-state index in [1.165, 1.54) is 0 Å². The molecule has 4 aromatic rings. The Balaban J connectivity index is 1.38. The van der Waals surface area contributed by atoms with Gasteiger partial charge in [-0.1, -0.05) is 35.0 Å². The number of nitrogen functional groups attached to an aromatic ring is 2. The molecule has 31 heavy (non-hydrogen) atoms. The number of hydrogen-bond donors (Lipinski definition) is 4. The molecule has 2 aromatic carbocycles. The van der Waals surface area contributed by atoms with Gasteiger partial charge in [-0.05, 0) is 48.5 Å². The van der Waals surface area contributed by atoms with Gasteiger partial charge in [0.2, 0.25) is 11.9 Å². The Kier molecular flexibility index (Phi) is 6.26. The highest BCUT2D eigenvalue weighted by molar-refractivity contribution is 7.99. The fourth-order valence-electron chi connectivity index (χ4n) is 2.64. The summed E-state index contributed by atoms with van der Waals surface area (Å²) in [6, 6.07) is 19.1. The molecular formula is C20H16Cl2N8S. The maximum Gasteiger partial charge on any atom is 0.223 e. The van der Waals surface area contributed by atoms with E-state index in [-0.39, 0.29) is 22.2 Å². The van der Waals surface area contributed by atoms with Crippen LogP contribution < -0.4 is 22.1 Å². The number of halogens is 2. The number of benzene rings is 2. The molecule has 0 spiro atoms. The van der Waals surface area contributed by atoms with E-state index in [0.717, 1.165) is 21.2 Å². The van der Waals surface area contributed by atoms with Crippen LogP contribution in [0.4, 0.5) is 34.9 Å². The van der Waals surface area contributed by atoms with Gasteiger partial charge < -0.3 is 22.1 Å². The van der Waals surface area contributed by atoms with E-state index in [9.17, 15) is 0 Å². The van der Waals surface area contributed by atoms with Crippen molar-refractivity contribution in [3.63, 3.8) is 0 Å². The van der Waals surface area contributed by atoms with Crippen molar-refractivity contribution >= 4 is 69.9 Å². The van der Waals surface area contributed by atoms with Gasteiger partial charge in [-0.2, -0.15) is 9.97 Å². The summed E-state index contributed by atoms with van der Waals surface area (Å²) in [4.78, 5) is 18.1. The summed E-state index contributed by atoms with van der Waals surface area (Å²) in [5, 5.41) is 6.87. The number of nitrogens with one attached hydrogen (secondary N) is 2. The second-order valence-electron chi connectivity index (χ2n) is 6.27. The molecule has 6 N–H and O–H groups in total. The molecular weight excluding hydrogens is 455 g/mol. The van der Waals surface area contributed by atoms with Crippen LogP contribution in [-0.2, 0) is 0 Å². The van der Waals surface area contributed by atoms with Crippen molar-refractivity contribution in [2.75, 3.05) is 22.1 Å². The fraction of sp³-hybridized carbons (Fsp3) is 0. The molecule has 11 heteroatoms. The fourth-order valence-corrected chi connectivity index (χ4v) is 3.84. The van der Waals surface area contributed by atoms with Crippen LogP contribution in [-0.4, -0.2) is 19.9 Å². The van der Waals surface area contributed by atoms with Gasteiger partial charge in [0, 0.05) is 33.3 Å². The first-order valence-corrected chi connectivity index (χ1v) is 10.5. The predicted octanol–water partition coefficient (Wildman–Crippen LogP) is 5.38. The zero-order chi connectivity index (χ0) is 21.8. The molecule has 8 nitrogen and oxygen atoms in total. The van der Waals surface area contributed by atoms with Gasteiger partial charge in [0.15, 0.2) is 0 Å². The van der Waals surface area contributed by atoms with Crippen molar-refractivity contribution in [1.82, 2.24) is 19.9 Å². The Hall–Kier alpha value is -3.27. The van der Waals surface area contributed by atoms with Crippen LogP contribution in [0.1, 0.15) is 0 Å². The van der Waals surface area contributed by atoms with Gasteiger partial charge in [0.1, 0.15) is 21.9 Å². The Bertz CT molecular complexity index is 1070. The Morgan fingerprint density at radius 1 is 0.613 bits per heavy atom. The van der Waals surface area contributed by atoms with E-state index in [1.807, 2.05) is 48.5 Å². The van der Waals surface area contributed by atoms with E-state index in [4.69, 9.17) is 34.7 Å². The van der Waals surface area contributed by atoms with Crippen LogP contribution in [0.25, 0.3) is 0 Å². The van der Waals surface area contributed by atoms with Crippen LogP contribution in [0.5, 0.6) is 0 Å². The second-order valence-corrected chi connectivity index (χ2v) is 8.19. The summed E-state index contributed by atoms with van der Waals surface area (Å²) in [6.07, 6.45) is 0. The molecule has 0 saturated carbocycles. The second kappa shape index (κ2) is 9.25. The highest BCUT2D eigenvalue weighted by Gasteiger charge is 2.04. The van der Waals surface area contributed by atoms with Crippen molar-refractivity contribution in [3.8, 4) is 0 Å². The largest absolute Gasteiger partial charge is 0.368 e. The Labute approximate surface area is 192 Å². The van der Waals surface area contributed by atoms with Gasteiger partial charge in [-0.25, -0.2) is 9.97 Å². The molecule has 0 aliphatic heterocycles. The van der Waals surface area contributed by atoms with Gasteiger partial charge in [0.25, 0.3) is 0 Å². The summed E-state index contributed by atoms with van der Waals surface area (Å²) >= 11 is 13.4. The summed E-state index contributed by atoms with van der Waals surface area (Å²) in [5.41, 5.74) is 13.0. The molecule has 2 heterocycles. The minimum atomic E-state index is 0.117. The number of aromatic nitrogens is 4. The van der Waals surface area contributed by atoms with Crippen molar-refractivity contribution < 1.29 is 0 Å². The number of rotatable bonds is 6. The maximum absolute atomic E-state index is 5.91. The number of anilines is 6. The zero-order valence-electron chi connectivity index (χ0n) is 15.9. The normalized spacial score (nSPS) is 10.6. The van der Waals surface area contributed by atoms with Crippen LogP contribution in [0.2, 0.25) is 10.3 Å². The SMILES string of the molecule is Nc1nc(Cl)cc(Nc2ccc(Sc3ccc(Nc4cc(Cl)nc(N)n4)cc3)cc2)n1. The van der Waals surface area contributed by atoms with Crippen molar-refractivity contribution in [2.45, 2.75) is 9.79 Å². The standard InChI is InChI=1S/C20H16Cl2N8S/c21-15-9-17(29-19(23)27-15)25-11-1-5-13(6-2-11)31-14-7-3-12(4-8-14)26-18-10-16(22)28-20(24)30-18/h1-10H,(H3,23,25,27,29)(H3,24,26,28,30). The third-order valence-corrected chi connectivity index (χ3v) is 5.32. The smallest absolute Gasteiger partial charge is 0.223 e. The van der Waals surface area contributed by atoms with Crippen molar-refractivity contribution in [3.05, 3.63) is 71.0 Å². The van der Waals surface area contributed by atoms with Gasteiger partial charge in [-0.15, -0.1) is 0 Å². The number of nitrogens with zero attached hydrogens (tertiary/aromatic N) is 4. The summed E-state index contributed by atoms with van der Waals surface area (Å²) in [5.74, 6) is 1.30. The molecule has 156 valence electrons.